The maximum Gasteiger partial charge on any atom is 0.337 e. The van der Waals surface area contributed by atoms with Gasteiger partial charge in [0, 0.05) is 5.69 Å². The number of hydrogen-bond donors (Lipinski definition) is 1. The van der Waals surface area contributed by atoms with Crippen molar-refractivity contribution < 1.29 is 14.3 Å². The second-order valence-electron chi connectivity index (χ2n) is 7.86. The molecule has 0 bridgehead atoms. The number of nitrogens with one attached hydrogen (secondary N) is 1. The molecule has 2 aromatic carbocycles. The zero-order valence-electron chi connectivity index (χ0n) is 18.6. The van der Waals surface area contributed by atoms with E-state index in [4.69, 9.17) is 4.74 Å². The van der Waals surface area contributed by atoms with Crippen molar-refractivity contribution in [3.8, 4) is 0 Å². The van der Waals surface area contributed by atoms with E-state index in [1.54, 1.807) is 24.3 Å². The number of anilines is 1. The maximum absolute atomic E-state index is 12.5. The van der Waals surface area contributed by atoms with Gasteiger partial charge >= 0.3 is 5.97 Å². The van der Waals surface area contributed by atoms with Crippen LogP contribution in [0.2, 0.25) is 0 Å². The zero-order chi connectivity index (χ0) is 23.0. The molecule has 33 heavy (non-hydrogen) atoms. The van der Waals surface area contributed by atoms with E-state index in [0.717, 1.165) is 36.2 Å². The van der Waals surface area contributed by atoms with E-state index in [0.29, 0.717) is 17.8 Å². The number of benzene rings is 2. The number of nitrogens with zero attached hydrogens (tertiary/aromatic N) is 4. The highest BCUT2D eigenvalue weighted by atomic mass is 32.2. The van der Waals surface area contributed by atoms with Gasteiger partial charge in [-0.2, -0.15) is 0 Å². The molecule has 1 aliphatic heterocycles. The third-order valence-corrected chi connectivity index (χ3v) is 6.43. The molecule has 1 N–H and O–H groups in total. The summed E-state index contributed by atoms with van der Waals surface area (Å²) >= 11 is 1.37. The van der Waals surface area contributed by atoms with Gasteiger partial charge in [-0.25, -0.2) is 4.79 Å². The molecule has 8 nitrogen and oxygen atoms in total. The lowest BCUT2D eigenvalue weighted by molar-refractivity contribution is -0.113. The highest BCUT2D eigenvalue weighted by Crippen LogP contribution is 2.21. The van der Waals surface area contributed by atoms with Crippen molar-refractivity contribution in [2.24, 2.45) is 0 Å². The molecule has 9 heteroatoms. The number of amides is 1. The summed E-state index contributed by atoms with van der Waals surface area (Å²) in [6, 6.07) is 16.8. The molecule has 4 rings (SSSR count). The molecule has 172 valence electrons. The van der Waals surface area contributed by atoms with Gasteiger partial charge in [-0.1, -0.05) is 42.1 Å². The largest absolute Gasteiger partial charge is 0.465 e. The van der Waals surface area contributed by atoms with Crippen LogP contribution in [-0.2, 0) is 22.6 Å². The fourth-order valence-corrected chi connectivity index (χ4v) is 4.50. The van der Waals surface area contributed by atoms with Crippen LogP contribution in [0.4, 0.5) is 5.69 Å². The number of carbonyl (C=O) groups excluding carboxylic acids is 2. The van der Waals surface area contributed by atoms with Crippen molar-refractivity contribution in [1.82, 2.24) is 19.7 Å². The highest BCUT2D eigenvalue weighted by Gasteiger charge is 2.19. The van der Waals surface area contributed by atoms with Crippen LogP contribution in [0.3, 0.4) is 0 Å². The summed E-state index contributed by atoms with van der Waals surface area (Å²) in [6.07, 6.45) is 2.43. The number of methoxy groups -OCH3 is 1. The summed E-state index contributed by atoms with van der Waals surface area (Å²) in [7, 11) is 1.34. The smallest absolute Gasteiger partial charge is 0.337 e. The molecule has 0 saturated carbocycles. The normalized spacial score (nSPS) is 13.7. The minimum Gasteiger partial charge on any atom is -0.465 e. The Kier molecular flexibility index (Phi) is 7.74. The minimum atomic E-state index is -0.411. The van der Waals surface area contributed by atoms with Gasteiger partial charge in [0.25, 0.3) is 0 Å². The first-order chi connectivity index (χ1) is 16.1. The van der Waals surface area contributed by atoms with Gasteiger partial charge in [0.1, 0.15) is 5.82 Å². The van der Waals surface area contributed by atoms with E-state index in [2.05, 4.69) is 37.1 Å². The van der Waals surface area contributed by atoms with Crippen molar-refractivity contribution in [3.05, 3.63) is 71.5 Å². The third-order valence-electron chi connectivity index (χ3n) is 5.46. The standard InChI is InChI=1S/C24H27N5O3S/c1-32-23(31)19-9-11-20(12-10-19)25-22(30)17-33-24-27-26-21(16-28-13-5-6-14-28)29(24)15-18-7-3-2-4-8-18/h2-4,7-12H,5-6,13-17H2,1H3,(H,25,30). The lowest BCUT2D eigenvalue weighted by atomic mass is 10.2. The van der Waals surface area contributed by atoms with E-state index in [1.807, 2.05) is 18.2 Å². The van der Waals surface area contributed by atoms with E-state index in [-0.39, 0.29) is 11.7 Å². The van der Waals surface area contributed by atoms with E-state index >= 15 is 0 Å². The number of rotatable bonds is 9. The van der Waals surface area contributed by atoms with Crippen LogP contribution in [0.25, 0.3) is 0 Å². The fraction of sp³-hybridized carbons (Fsp3) is 0.333. The van der Waals surface area contributed by atoms with Crippen LogP contribution in [0.5, 0.6) is 0 Å². The second kappa shape index (κ2) is 11.1. The first kappa shape index (κ1) is 23.0. The Morgan fingerprint density at radius 1 is 1.00 bits per heavy atom. The van der Waals surface area contributed by atoms with Crippen molar-refractivity contribution in [1.29, 1.82) is 0 Å². The van der Waals surface area contributed by atoms with Gasteiger partial charge in [-0.15, -0.1) is 10.2 Å². The third kappa shape index (κ3) is 6.21. The number of hydrogen-bond acceptors (Lipinski definition) is 7. The second-order valence-corrected chi connectivity index (χ2v) is 8.80. The Hall–Kier alpha value is -3.17. The molecule has 1 aliphatic rings. The Bertz CT molecular complexity index is 1080. The lowest BCUT2D eigenvalue weighted by Crippen LogP contribution is -2.22. The van der Waals surface area contributed by atoms with Crippen molar-refractivity contribution >= 4 is 29.3 Å². The number of likely N-dealkylation sites (tertiary alicyclic amines) is 1. The molecule has 1 saturated heterocycles. The van der Waals surface area contributed by atoms with E-state index in [9.17, 15) is 9.59 Å². The molecule has 3 aromatic rings. The quantitative estimate of drug-likeness (QED) is 0.382. The first-order valence-electron chi connectivity index (χ1n) is 10.9. The molecule has 1 amide bonds. The van der Waals surface area contributed by atoms with Crippen LogP contribution >= 0.6 is 11.8 Å². The average molecular weight is 466 g/mol. The fourth-order valence-electron chi connectivity index (χ4n) is 3.74. The highest BCUT2D eigenvalue weighted by molar-refractivity contribution is 7.99. The molecular formula is C24H27N5O3S. The van der Waals surface area contributed by atoms with E-state index in [1.165, 1.54) is 31.7 Å². The molecule has 0 unspecified atom stereocenters. The summed E-state index contributed by atoms with van der Waals surface area (Å²) in [5.74, 6) is 0.559. The van der Waals surface area contributed by atoms with Gasteiger partial charge in [0.05, 0.1) is 31.5 Å². The van der Waals surface area contributed by atoms with Gasteiger partial charge in [-0.3, -0.25) is 9.69 Å². The van der Waals surface area contributed by atoms with Crippen LogP contribution in [-0.4, -0.2) is 57.5 Å². The van der Waals surface area contributed by atoms with Crippen molar-refractivity contribution in [2.45, 2.75) is 31.1 Å². The predicted molar refractivity (Wildman–Crippen MR) is 127 cm³/mol. The Balaban J connectivity index is 1.41. The Morgan fingerprint density at radius 3 is 2.42 bits per heavy atom. The summed E-state index contributed by atoms with van der Waals surface area (Å²) in [5.41, 5.74) is 2.22. The Morgan fingerprint density at radius 2 is 1.73 bits per heavy atom. The van der Waals surface area contributed by atoms with Crippen molar-refractivity contribution in [2.75, 3.05) is 31.3 Å². The average Bonchev–Trinajstić information content (AvgIpc) is 3.49. The lowest BCUT2D eigenvalue weighted by Gasteiger charge is -2.16. The number of aromatic nitrogens is 3. The SMILES string of the molecule is COC(=O)c1ccc(NC(=O)CSc2nnc(CN3CCCC3)n2Cc2ccccc2)cc1. The van der Waals surface area contributed by atoms with Crippen LogP contribution in [0, 0.1) is 0 Å². The van der Waals surface area contributed by atoms with Crippen LogP contribution in [0.1, 0.15) is 34.6 Å². The summed E-state index contributed by atoms with van der Waals surface area (Å²) in [6.45, 7) is 3.59. The van der Waals surface area contributed by atoms with Crippen LogP contribution < -0.4 is 5.32 Å². The van der Waals surface area contributed by atoms with Crippen molar-refractivity contribution in [3.63, 3.8) is 0 Å². The molecule has 0 atom stereocenters. The van der Waals surface area contributed by atoms with E-state index < -0.39 is 5.97 Å². The van der Waals surface area contributed by atoms with Gasteiger partial charge in [0.15, 0.2) is 5.16 Å². The maximum atomic E-state index is 12.5. The number of thioether (sulfide) groups is 1. The topological polar surface area (TPSA) is 89.3 Å². The molecule has 1 fully saturated rings. The summed E-state index contributed by atoms with van der Waals surface area (Å²) < 4.78 is 6.80. The number of carbonyl (C=O) groups is 2. The van der Waals surface area contributed by atoms with Gasteiger partial charge < -0.3 is 14.6 Å². The predicted octanol–water partition coefficient (Wildman–Crippen LogP) is 3.44. The zero-order valence-corrected chi connectivity index (χ0v) is 19.4. The number of ether oxygens (including phenoxy) is 1. The monoisotopic (exact) mass is 465 g/mol. The first-order valence-corrected chi connectivity index (χ1v) is 11.9. The molecular weight excluding hydrogens is 438 g/mol. The molecule has 0 spiro atoms. The molecule has 0 radical (unpaired) electrons. The van der Waals surface area contributed by atoms with Crippen LogP contribution in [0.15, 0.2) is 59.8 Å². The minimum absolute atomic E-state index is 0.152. The molecule has 1 aromatic heterocycles. The summed E-state index contributed by atoms with van der Waals surface area (Å²) in [4.78, 5) is 26.5. The van der Waals surface area contributed by atoms with Gasteiger partial charge in [0.2, 0.25) is 5.91 Å². The molecule has 2 heterocycles. The summed E-state index contributed by atoms with van der Waals surface area (Å²) in [5, 5.41) is 12.4. The Labute approximate surface area is 197 Å². The molecule has 0 aliphatic carbocycles. The number of esters is 1. The van der Waals surface area contributed by atoms with Gasteiger partial charge in [-0.05, 0) is 55.8 Å².